The molecule has 0 aromatic heterocycles. The number of ether oxygens (including phenoxy) is 3. The van der Waals surface area contributed by atoms with Crippen molar-refractivity contribution in [1.29, 1.82) is 0 Å². The van der Waals surface area contributed by atoms with E-state index in [-0.39, 0.29) is 18.4 Å². The molecule has 0 spiro atoms. The average molecular weight is 337 g/mol. The molecule has 7 nitrogen and oxygen atoms in total. The van der Waals surface area contributed by atoms with E-state index in [4.69, 9.17) is 14.2 Å². The first-order valence-electron chi connectivity index (χ1n) is 7.87. The van der Waals surface area contributed by atoms with E-state index in [9.17, 15) is 14.7 Å². The number of carboxylic acids is 1. The van der Waals surface area contributed by atoms with Gasteiger partial charge in [-0.3, -0.25) is 9.59 Å². The third kappa shape index (κ3) is 4.38. The Morgan fingerprint density at radius 3 is 2.58 bits per heavy atom. The monoisotopic (exact) mass is 337 g/mol. The second-order valence-corrected chi connectivity index (χ2v) is 5.67. The lowest BCUT2D eigenvalue weighted by Gasteiger charge is -2.27. The van der Waals surface area contributed by atoms with Crippen molar-refractivity contribution in [2.24, 2.45) is 11.8 Å². The summed E-state index contributed by atoms with van der Waals surface area (Å²) in [6.45, 7) is 1.21. The van der Waals surface area contributed by atoms with E-state index in [0.717, 1.165) is 0 Å². The molecule has 1 amide bonds. The Labute approximate surface area is 140 Å². The van der Waals surface area contributed by atoms with Gasteiger partial charge in [-0.1, -0.05) is 0 Å². The minimum atomic E-state index is -0.899. The summed E-state index contributed by atoms with van der Waals surface area (Å²) in [6, 6.07) is 4.86. The first kappa shape index (κ1) is 18.1. The molecule has 0 aliphatic carbocycles. The van der Waals surface area contributed by atoms with Crippen LogP contribution in [0.25, 0.3) is 0 Å². The number of carboxylic acid groups (broad SMARTS) is 1. The normalized spacial score (nSPS) is 16.2. The lowest BCUT2D eigenvalue weighted by Crippen LogP contribution is -2.39. The van der Waals surface area contributed by atoms with Crippen molar-refractivity contribution in [3.05, 3.63) is 23.8 Å². The second-order valence-electron chi connectivity index (χ2n) is 5.67. The van der Waals surface area contributed by atoms with Gasteiger partial charge in [0.15, 0.2) is 0 Å². The predicted molar refractivity (Wildman–Crippen MR) is 86.5 cm³/mol. The lowest BCUT2D eigenvalue weighted by molar-refractivity contribution is -0.144. The molecule has 1 heterocycles. The van der Waals surface area contributed by atoms with Crippen molar-refractivity contribution >= 4 is 11.9 Å². The highest BCUT2D eigenvalue weighted by Crippen LogP contribution is 2.26. The molecule has 2 N–H and O–H groups in total. The summed E-state index contributed by atoms with van der Waals surface area (Å²) in [6.07, 6.45) is 1.39. The molecular formula is C17H23NO6. The maximum Gasteiger partial charge on any atom is 0.308 e. The van der Waals surface area contributed by atoms with Crippen molar-refractivity contribution < 1.29 is 28.9 Å². The van der Waals surface area contributed by atoms with Crippen LogP contribution in [0.15, 0.2) is 18.2 Å². The number of carbonyl (C=O) groups is 2. The molecule has 1 aliphatic rings. The molecule has 0 saturated carbocycles. The largest absolute Gasteiger partial charge is 0.497 e. The molecule has 1 fully saturated rings. The molecular weight excluding hydrogens is 314 g/mol. The number of hydrogen-bond donors (Lipinski definition) is 2. The van der Waals surface area contributed by atoms with Crippen molar-refractivity contribution in [2.75, 3.05) is 34.0 Å². The van der Waals surface area contributed by atoms with E-state index in [1.165, 1.54) is 14.2 Å². The van der Waals surface area contributed by atoms with Crippen LogP contribution in [0.1, 0.15) is 23.2 Å². The van der Waals surface area contributed by atoms with Gasteiger partial charge in [-0.25, -0.2) is 0 Å². The lowest BCUT2D eigenvalue weighted by atomic mass is 9.86. The van der Waals surface area contributed by atoms with Gasteiger partial charge in [-0.05, 0) is 30.9 Å². The molecule has 0 radical (unpaired) electrons. The van der Waals surface area contributed by atoms with Gasteiger partial charge in [-0.15, -0.1) is 0 Å². The van der Waals surface area contributed by atoms with Crippen molar-refractivity contribution in [3.63, 3.8) is 0 Å². The number of aliphatic carboxylic acids is 1. The molecule has 1 saturated heterocycles. The summed E-state index contributed by atoms with van der Waals surface area (Å²) in [7, 11) is 2.99. The van der Waals surface area contributed by atoms with Crippen LogP contribution in [-0.2, 0) is 9.53 Å². The smallest absolute Gasteiger partial charge is 0.308 e. The van der Waals surface area contributed by atoms with Crippen LogP contribution in [0.2, 0.25) is 0 Å². The summed E-state index contributed by atoms with van der Waals surface area (Å²) in [5.41, 5.74) is 0.342. The van der Waals surface area contributed by atoms with Gasteiger partial charge in [-0.2, -0.15) is 0 Å². The summed E-state index contributed by atoms with van der Waals surface area (Å²) >= 11 is 0. The Bertz CT molecular complexity index is 582. The number of hydrogen-bond acceptors (Lipinski definition) is 5. The maximum absolute atomic E-state index is 12.4. The van der Waals surface area contributed by atoms with Crippen LogP contribution in [0.5, 0.6) is 11.5 Å². The molecule has 1 aromatic rings. The fourth-order valence-electron chi connectivity index (χ4n) is 2.86. The fraction of sp³-hybridized carbons (Fsp3) is 0.529. The summed E-state index contributed by atoms with van der Waals surface area (Å²) < 4.78 is 15.6. The van der Waals surface area contributed by atoms with Crippen LogP contribution in [0, 0.1) is 11.8 Å². The first-order valence-corrected chi connectivity index (χ1v) is 7.87. The second kappa shape index (κ2) is 8.54. The summed E-state index contributed by atoms with van der Waals surface area (Å²) in [5.74, 6) is -0.924. The van der Waals surface area contributed by atoms with Gasteiger partial charge in [0.2, 0.25) is 0 Å². The van der Waals surface area contributed by atoms with Gasteiger partial charge in [0.25, 0.3) is 5.91 Å². The number of methoxy groups -OCH3 is 2. The highest BCUT2D eigenvalue weighted by molar-refractivity contribution is 5.97. The van der Waals surface area contributed by atoms with Gasteiger partial charge in [0.05, 0.1) is 25.7 Å². The molecule has 0 bridgehead atoms. The molecule has 132 valence electrons. The van der Waals surface area contributed by atoms with E-state index < -0.39 is 11.9 Å². The molecule has 7 heteroatoms. The molecule has 1 aromatic carbocycles. The van der Waals surface area contributed by atoms with Crippen molar-refractivity contribution in [1.82, 2.24) is 5.32 Å². The standard InChI is InChI=1S/C17H23NO6/c1-22-12-3-4-13(15(9-12)23-2)16(19)18-10-14(17(20)21)11-5-7-24-8-6-11/h3-4,9,11,14H,5-8,10H2,1-2H3,(H,18,19)(H,20,21). The minimum absolute atomic E-state index is 0.00862. The van der Waals surface area contributed by atoms with E-state index in [0.29, 0.717) is 43.1 Å². The summed E-state index contributed by atoms with van der Waals surface area (Å²) in [5, 5.41) is 12.2. The minimum Gasteiger partial charge on any atom is -0.497 e. The number of benzene rings is 1. The van der Waals surface area contributed by atoms with Crippen LogP contribution in [-0.4, -0.2) is 51.0 Å². The molecule has 1 aliphatic heterocycles. The Morgan fingerprint density at radius 2 is 2.00 bits per heavy atom. The highest BCUT2D eigenvalue weighted by atomic mass is 16.5. The number of rotatable bonds is 7. The zero-order valence-corrected chi connectivity index (χ0v) is 13.9. The van der Waals surface area contributed by atoms with Gasteiger partial charge < -0.3 is 24.6 Å². The summed E-state index contributed by atoms with van der Waals surface area (Å²) in [4.78, 5) is 23.9. The van der Waals surface area contributed by atoms with Gasteiger partial charge >= 0.3 is 5.97 Å². The Hall–Kier alpha value is -2.28. The van der Waals surface area contributed by atoms with E-state index in [2.05, 4.69) is 5.32 Å². The van der Waals surface area contributed by atoms with Crippen LogP contribution < -0.4 is 14.8 Å². The maximum atomic E-state index is 12.4. The SMILES string of the molecule is COc1ccc(C(=O)NCC(C(=O)O)C2CCOCC2)c(OC)c1. The van der Waals surface area contributed by atoms with Crippen LogP contribution in [0.3, 0.4) is 0 Å². The predicted octanol–water partition coefficient (Wildman–Crippen LogP) is 1.56. The fourth-order valence-corrected chi connectivity index (χ4v) is 2.86. The average Bonchev–Trinajstić information content (AvgIpc) is 2.61. The third-order valence-corrected chi connectivity index (χ3v) is 4.29. The molecule has 1 atom stereocenters. The first-order chi connectivity index (χ1) is 11.6. The number of nitrogens with one attached hydrogen (secondary N) is 1. The van der Waals surface area contributed by atoms with Crippen molar-refractivity contribution in [2.45, 2.75) is 12.8 Å². The highest BCUT2D eigenvalue weighted by Gasteiger charge is 2.30. The van der Waals surface area contributed by atoms with E-state index >= 15 is 0 Å². The molecule has 1 unspecified atom stereocenters. The van der Waals surface area contributed by atoms with E-state index in [1.807, 2.05) is 0 Å². The zero-order chi connectivity index (χ0) is 17.5. The quantitative estimate of drug-likeness (QED) is 0.784. The Kier molecular flexibility index (Phi) is 6.43. The number of amides is 1. The van der Waals surface area contributed by atoms with Gasteiger partial charge in [0, 0.05) is 25.8 Å². The Morgan fingerprint density at radius 1 is 1.29 bits per heavy atom. The van der Waals surface area contributed by atoms with Crippen LogP contribution in [0.4, 0.5) is 0 Å². The topological polar surface area (TPSA) is 94.1 Å². The number of carbonyl (C=O) groups excluding carboxylic acids is 1. The molecule has 2 rings (SSSR count). The van der Waals surface area contributed by atoms with Crippen molar-refractivity contribution in [3.8, 4) is 11.5 Å². The third-order valence-electron chi connectivity index (χ3n) is 4.29. The molecule has 24 heavy (non-hydrogen) atoms. The van der Waals surface area contributed by atoms with E-state index in [1.54, 1.807) is 18.2 Å². The van der Waals surface area contributed by atoms with Crippen LogP contribution >= 0.6 is 0 Å². The Balaban J connectivity index is 2.04. The zero-order valence-electron chi connectivity index (χ0n) is 13.9. The van der Waals surface area contributed by atoms with Gasteiger partial charge in [0.1, 0.15) is 11.5 Å².